The molecule has 0 aliphatic carbocycles. The first-order valence-corrected chi connectivity index (χ1v) is 3.85. The Bertz CT molecular complexity index is 358. The Morgan fingerprint density at radius 2 is 2.07 bits per heavy atom. The fraction of sp³-hybridized carbons (Fsp3) is 0.143. The van der Waals surface area contributed by atoms with E-state index in [1.807, 2.05) is 0 Å². The molecule has 3 nitrogen and oxygen atoms in total. The first-order chi connectivity index (χ1) is 6.40. The molecule has 0 spiro atoms. The first kappa shape index (κ1) is 15.1. The van der Waals surface area contributed by atoms with Crippen LogP contribution in [0.1, 0.15) is 16.1 Å². The number of hydrogen-bond acceptors (Lipinski definition) is 2. The van der Waals surface area contributed by atoms with Gasteiger partial charge in [0.1, 0.15) is 5.69 Å². The van der Waals surface area contributed by atoms with Gasteiger partial charge in [0, 0.05) is 6.20 Å². The van der Waals surface area contributed by atoms with Crippen molar-refractivity contribution < 1.29 is 69.1 Å². The normalized spacial score (nSPS) is 10.6. The van der Waals surface area contributed by atoms with Crippen LogP contribution < -0.4 is 57.1 Å². The predicted molar refractivity (Wildman–Crippen MR) is 45.5 cm³/mol. The van der Waals surface area contributed by atoms with Gasteiger partial charge in [-0.25, -0.2) is 0 Å². The number of amides is 1. The molecule has 1 rings (SSSR count). The molecule has 2 N–H and O–H groups in total. The van der Waals surface area contributed by atoms with Gasteiger partial charge >= 0.3 is 58.4 Å². The topological polar surface area (TPSA) is 56.0 Å². The Balaban J connectivity index is 0.00000196. The van der Waals surface area contributed by atoms with E-state index in [9.17, 15) is 17.7 Å². The van der Waals surface area contributed by atoms with Gasteiger partial charge in [-0.2, -0.15) is 0 Å². The average Bonchev–Trinajstić information content (AvgIpc) is 2.01. The molecule has 1 aromatic heterocycles. The summed E-state index contributed by atoms with van der Waals surface area (Å²) < 4.78 is 36.2. The van der Waals surface area contributed by atoms with E-state index in [2.05, 4.69) is 4.98 Å². The Morgan fingerprint density at radius 3 is 2.53 bits per heavy atom. The van der Waals surface area contributed by atoms with Crippen LogP contribution in [0.25, 0.3) is 0 Å². The molecule has 0 saturated heterocycles. The standard InChI is InChI=1S/C7H7BF3N2O.K/c9-8(10,11)4-5-2-1-3-13-6(5)7(12)14;/h1-3H,4H2,(H2,12,14);/q-1;+1. The van der Waals surface area contributed by atoms with Gasteiger partial charge in [0.05, 0.1) is 0 Å². The Kier molecular flexibility index (Phi) is 6.04. The SMILES string of the molecule is NC(=O)c1ncccc1C[B-](F)(F)F.[K+]. The molecular formula is C7H7BF3KN2O. The average molecular weight is 242 g/mol. The van der Waals surface area contributed by atoms with E-state index >= 15 is 0 Å². The number of nitrogens with two attached hydrogens (primary N) is 1. The summed E-state index contributed by atoms with van der Waals surface area (Å²) in [6, 6.07) is 2.53. The van der Waals surface area contributed by atoms with Crippen LogP contribution in [0.15, 0.2) is 18.3 Å². The molecule has 1 heterocycles. The largest absolute Gasteiger partial charge is 1.00 e. The van der Waals surface area contributed by atoms with E-state index in [-0.39, 0.29) is 62.6 Å². The third kappa shape index (κ3) is 5.12. The Morgan fingerprint density at radius 1 is 1.47 bits per heavy atom. The molecule has 0 radical (unpaired) electrons. The van der Waals surface area contributed by atoms with Crippen molar-refractivity contribution in [2.24, 2.45) is 5.73 Å². The molecule has 0 aromatic carbocycles. The van der Waals surface area contributed by atoms with Crippen molar-refractivity contribution in [3.05, 3.63) is 29.6 Å². The monoisotopic (exact) mass is 242 g/mol. The van der Waals surface area contributed by atoms with Crippen molar-refractivity contribution in [2.75, 3.05) is 0 Å². The molecule has 1 aromatic rings. The first-order valence-electron chi connectivity index (χ1n) is 3.85. The number of hydrogen-bond donors (Lipinski definition) is 1. The maximum Gasteiger partial charge on any atom is 1.00 e. The summed E-state index contributed by atoms with van der Waals surface area (Å²) in [6.07, 6.45) is 0.0963. The van der Waals surface area contributed by atoms with Gasteiger partial charge < -0.3 is 18.7 Å². The minimum atomic E-state index is -4.98. The number of pyridine rings is 1. The fourth-order valence-electron chi connectivity index (χ4n) is 1.07. The third-order valence-corrected chi connectivity index (χ3v) is 1.58. The summed E-state index contributed by atoms with van der Waals surface area (Å²) in [4.78, 5) is 14.2. The molecule has 0 bridgehead atoms. The predicted octanol–water partition coefficient (Wildman–Crippen LogP) is -1.89. The minimum Gasteiger partial charge on any atom is -0.449 e. The van der Waals surface area contributed by atoms with Crippen LogP contribution in [0.2, 0.25) is 0 Å². The van der Waals surface area contributed by atoms with E-state index in [0.29, 0.717) is 0 Å². The number of primary amides is 1. The molecule has 0 aliphatic heterocycles. The molecule has 76 valence electrons. The number of carbonyl (C=O) groups is 1. The summed E-state index contributed by atoms with van der Waals surface area (Å²) in [5.41, 5.74) is 4.38. The van der Waals surface area contributed by atoms with Gasteiger partial charge in [-0.3, -0.25) is 9.78 Å². The van der Waals surface area contributed by atoms with Gasteiger partial charge in [-0.05, 0) is 11.6 Å². The maximum atomic E-state index is 12.1. The van der Waals surface area contributed by atoms with Gasteiger partial charge in [-0.1, -0.05) is 12.4 Å². The molecule has 0 unspecified atom stereocenters. The van der Waals surface area contributed by atoms with Crippen molar-refractivity contribution in [2.45, 2.75) is 6.32 Å². The summed E-state index contributed by atoms with van der Waals surface area (Å²) >= 11 is 0. The van der Waals surface area contributed by atoms with Gasteiger partial charge in [0.25, 0.3) is 5.91 Å². The van der Waals surface area contributed by atoms with Crippen LogP contribution in [0, 0.1) is 0 Å². The van der Waals surface area contributed by atoms with Crippen molar-refractivity contribution in [1.29, 1.82) is 0 Å². The molecule has 8 heteroatoms. The zero-order valence-electron chi connectivity index (χ0n) is 8.08. The van der Waals surface area contributed by atoms with E-state index < -0.39 is 19.2 Å². The van der Waals surface area contributed by atoms with Gasteiger partial charge in [0.2, 0.25) is 0 Å². The number of aromatic nitrogens is 1. The zero-order chi connectivity index (χ0) is 10.8. The van der Waals surface area contributed by atoms with Crippen LogP contribution in [0.5, 0.6) is 0 Å². The van der Waals surface area contributed by atoms with Gasteiger partial charge in [-0.15, -0.1) is 0 Å². The van der Waals surface area contributed by atoms with E-state index in [1.54, 1.807) is 0 Å². The summed E-state index contributed by atoms with van der Waals surface area (Å²) in [5.74, 6) is -0.944. The number of nitrogens with zero attached hydrogens (tertiary/aromatic N) is 1. The smallest absolute Gasteiger partial charge is 0.449 e. The Hall–Kier alpha value is 0.111. The molecule has 0 atom stereocenters. The number of carbonyl (C=O) groups excluding carboxylic acids is 1. The van der Waals surface area contributed by atoms with E-state index in [0.717, 1.165) is 0 Å². The summed E-state index contributed by atoms with van der Waals surface area (Å²) in [6.45, 7) is -4.98. The molecule has 15 heavy (non-hydrogen) atoms. The second-order valence-corrected chi connectivity index (χ2v) is 2.79. The van der Waals surface area contributed by atoms with E-state index in [4.69, 9.17) is 5.73 Å². The van der Waals surface area contributed by atoms with Crippen LogP contribution in [0.4, 0.5) is 12.9 Å². The van der Waals surface area contributed by atoms with Crippen LogP contribution in [-0.4, -0.2) is 17.9 Å². The number of halogens is 3. The van der Waals surface area contributed by atoms with Crippen molar-refractivity contribution in [3.63, 3.8) is 0 Å². The van der Waals surface area contributed by atoms with Crippen LogP contribution in [0.3, 0.4) is 0 Å². The second kappa shape index (κ2) is 6.00. The molecule has 0 fully saturated rings. The molecular weight excluding hydrogens is 235 g/mol. The maximum absolute atomic E-state index is 12.1. The number of rotatable bonds is 3. The minimum absolute atomic E-state index is 0. The molecule has 0 saturated carbocycles. The molecule has 0 aliphatic rings. The van der Waals surface area contributed by atoms with Crippen molar-refractivity contribution >= 4 is 12.9 Å². The quantitative estimate of drug-likeness (QED) is 0.630. The van der Waals surface area contributed by atoms with Crippen molar-refractivity contribution in [3.8, 4) is 0 Å². The van der Waals surface area contributed by atoms with Crippen LogP contribution in [-0.2, 0) is 6.32 Å². The third-order valence-electron chi connectivity index (χ3n) is 1.58. The zero-order valence-corrected chi connectivity index (χ0v) is 11.2. The second-order valence-electron chi connectivity index (χ2n) is 2.79. The molecule has 1 amide bonds. The summed E-state index contributed by atoms with van der Waals surface area (Å²) in [5, 5.41) is 0. The summed E-state index contributed by atoms with van der Waals surface area (Å²) in [7, 11) is 0. The van der Waals surface area contributed by atoms with Gasteiger partial charge in [0.15, 0.2) is 0 Å². The van der Waals surface area contributed by atoms with E-state index in [1.165, 1.54) is 18.3 Å². The van der Waals surface area contributed by atoms with Crippen molar-refractivity contribution in [1.82, 2.24) is 4.98 Å². The fourth-order valence-corrected chi connectivity index (χ4v) is 1.07. The Labute approximate surface area is 127 Å². The van der Waals surface area contributed by atoms with Crippen LogP contribution >= 0.6 is 0 Å².